The summed E-state index contributed by atoms with van der Waals surface area (Å²) in [5.74, 6) is 4.42. The van der Waals surface area contributed by atoms with Crippen LogP contribution in [0.3, 0.4) is 0 Å². The third-order valence-electron chi connectivity index (χ3n) is 5.44. The van der Waals surface area contributed by atoms with Crippen molar-refractivity contribution in [3.63, 3.8) is 0 Å². The molecule has 2 saturated carbocycles. The number of rotatable bonds is 6. The fraction of sp³-hybridized carbons (Fsp3) is 0.667. The third kappa shape index (κ3) is 3.18. The lowest BCUT2D eigenvalue weighted by molar-refractivity contribution is 0.294. The maximum absolute atomic E-state index is 6.41. The van der Waals surface area contributed by atoms with E-state index in [0.29, 0.717) is 0 Å². The van der Waals surface area contributed by atoms with E-state index in [1.807, 2.05) is 6.07 Å². The SMILES string of the molecule is COc1ccc(CC(N)CC2CC3CCC2C3)cc1OC. The van der Waals surface area contributed by atoms with E-state index in [0.717, 1.165) is 35.7 Å². The van der Waals surface area contributed by atoms with Gasteiger partial charge >= 0.3 is 0 Å². The Morgan fingerprint density at radius 3 is 2.57 bits per heavy atom. The van der Waals surface area contributed by atoms with Gasteiger partial charge in [-0.15, -0.1) is 0 Å². The van der Waals surface area contributed by atoms with Crippen LogP contribution in [-0.2, 0) is 6.42 Å². The van der Waals surface area contributed by atoms with Crippen molar-refractivity contribution in [2.45, 2.75) is 44.6 Å². The molecule has 3 rings (SSSR count). The van der Waals surface area contributed by atoms with Gasteiger partial charge in [0.25, 0.3) is 0 Å². The molecular formula is C18H27NO2. The molecule has 0 radical (unpaired) electrons. The molecule has 4 atom stereocenters. The van der Waals surface area contributed by atoms with E-state index < -0.39 is 0 Å². The van der Waals surface area contributed by atoms with Crippen molar-refractivity contribution in [1.82, 2.24) is 0 Å². The fourth-order valence-electron chi connectivity index (χ4n) is 4.45. The normalized spacial score (nSPS) is 28.6. The Morgan fingerprint density at radius 1 is 1.14 bits per heavy atom. The minimum Gasteiger partial charge on any atom is -0.493 e. The Hall–Kier alpha value is -1.22. The minimum absolute atomic E-state index is 0.257. The number of ether oxygens (including phenoxy) is 2. The quantitative estimate of drug-likeness (QED) is 0.873. The van der Waals surface area contributed by atoms with Crippen molar-refractivity contribution in [3.05, 3.63) is 23.8 Å². The highest BCUT2D eigenvalue weighted by Gasteiger charge is 2.39. The zero-order valence-corrected chi connectivity index (χ0v) is 13.2. The van der Waals surface area contributed by atoms with Gasteiger partial charge in [-0.3, -0.25) is 0 Å². The maximum atomic E-state index is 6.41. The maximum Gasteiger partial charge on any atom is 0.160 e. The molecule has 2 fully saturated rings. The molecule has 0 amide bonds. The van der Waals surface area contributed by atoms with Crippen molar-refractivity contribution >= 4 is 0 Å². The van der Waals surface area contributed by atoms with Gasteiger partial charge in [0, 0.05) is 6.04 Å². The molecule has 2 bridgehead atoms. The zero-order chi connectivity index (χ0) is 14.8. The molecule has 0 aliphatic heterocycles. The monoisotopic (exact) mass is 289 g/mol. The Balaban J connectivity index is 1.58. The molecule has 1 aromatic carbocycles. The van der Waals surface area contributed by atoms with Gasteiger partial charge in [0.15, 0.2) is 11.5 Å². The summed E-state index contributed by atoms with van der Waals surface area (Å²) < 4.78 is 10.6. The molecule has 0 aromatic heterocycles. The van der Waals surface area contributed by atoms with Crippen LogP contribution in [0.15, 0.2) is 18.2 Å². The van der Waals surface area contributed by atoms with Crippen LogP contribution in [0.25, 0.3) is 0 Å². The third-order valence-corrected chi connectivity index (χ3v) is 5.44. The summed E-state index contributed by atoms with van der Waals surface area (Å²) in [6.45, 7) is 0. The zero-order valence-electron chi connectivity index (χ0n) is 13.2. The Kier molecular flexibility index (Phi) is 4.39. The lowest BCUT2D eigenvalue weighted by Crippen LogP contribution is -2.28. The number of benzene rings is 1. The van der Waals surface area contributed by atoms with E-state index >= 15 is 0 Å². The van der Waals surface area contributed by atoms with Gasteiger partial charge < -0.3 is 15.2 Å². The van der Waals surface area contributed by atoms with Crippen molar-refractivity contribution in [3.8, 4) is 11.5 Å². The average molecular weight is 289 g/mol. The van der Waals surface area contributed by atoms with Crippen molar-refractivity contribution in [1.29, 1.82) is 0 Å². The van der Waals surface area contributed by atoms with Crippen LogP contribution in [0.1, 0.15) is 37.7 Å². The number of fused-ring (bicyclic) bond motifs is 2. The van der Waals surface area contributed by atoms with Crippen LogP contribution in [0.5, 0.6) is 11.5 Å². The highest BCUT2D eigenvalue weighted by atomic mass is 16.5. The molecule has 1 aromatic rings. The summed E-state index contributed by atoms with van der Waals surface area (Å²) in [4.78, 5) is 0. The van der Waals surface area contributed by atoms with Gasteiger partial charge in [0.2, 0.25) is 0 Å². The van der Waals surface area contributed by atoms with Gasteiger partial charge in [-0.2, -0.15) is 0 Å². The van der Waals surface area contributed by atoms with Gasteiger partial charge in [-0.05, 0) is 67.6 Å². The molecule has 3 heteroatoms. The number of nitrogens with two attached hydrogens (primary N) is 1. The molecule has 2 aliphatic rings. The summed E-state index contributed by atoms with van der Waals surface area (Å²) in [5, 5.41) is 0. The standard InChI is InChI=1S/C18H27NO2/c1-20-17-6-4-13(10-18(17)21-2)9-16(19)11-15-8-12-3-5-14(15)7-12/h4,6,10,12,14-16H,3,5,7-9,11,19H2,1-2H3. The molecule has 2 aliphatic carbocycles. The van der Waals surface area contributed by atoms with E-state index in [4.69, 9.17) is 15.2 Å². The topological polar surface area (TPSA) is 44.5 Å². The lowest BCUT2D eigenvalue weighted by Gasteiger charge is -2.25. The van der Waals surface area contributed by atoms with Crippen LogP contribution in [0, 0.1) is 17.8 Å². The molecule has 21 heavy (non-hydrogen) atoms. The largest absolute Gasteiger partial charge is 0.493 e. The Bertz CT molecular complexity index is 488. The lowest BCUT2D eigenvalue weighted by atomic mass is 9.83. The molecule has 0 heterocycles. The average Bonchev–Trinajstić information content (AvgIpc) is 3.09. The predicted octanol–water partition coefficient (Wildman–Crippen LogP) is 3.40. The van der Waals surface area contributed by atoms with Crippen LogP contribution in [0.4, 0.5) is 0 Å². The van der Waals surface area contributed by atoms with Crippen molar-refractivity contribution in [2.24, 2.45) is 23.5 Å². The summed E-state index contributed by atoms with van der Waals surface area (Å²) in [6.07, 6.45) is 7.90. The predicted molar refractivity (Wildman–Crippen MR) is 84.8 cm³/mol. The number of methoxy groups -OCH3 is 2. The highest BCUT2D eigenvalue weighted by molar-refractivity contribution is 5.43. The molecular weight excluding hydrogens is 262 g/mol. The Labute approximate surface area is 127 Å². The van der Waals surface area contributed by atoms with Gasteiger partial charge in [0.1, 0.15) is 0 Å². The van der Waals surface area contributed by atoms with E-state index in [1.165, 1.54) is 37.7 Å². The first kappa shape index (κ1) is 14.7. The second kappa shape index (κ2) is 6.27. The molecule has 0 spiro atoms. The van der Waals surface area contributed by atoms with Crippen LogP contribution >= 0.6 is 0 Å². The molecule has 2 N–H and O–H groups in total. The first-order chi connectivity index (χ1) is 10.2. The number of hydrogen-bond donors (Lipinski definition) is 1. The van der Waals surface area contributed by atoms with Crippen molar-refractivity contribution < 1.29 is 9.47 Å². The summed E-state index contributed by atoms with van der Waals surface area (Å²) >= 11 is 0. The summed E-state index contributed by atoms with van der Waals surface area (Å²) in [5.41, 5.74) is 7.65. The van der Waals surface area contributed by atoms with Gasteiger partial charge in [-0.25, -0.2) is 0 Å². The summed E-state index contributed by atoms with van der Waals surface area (Å²) in [6, 6.07) is 6.38. The van der Waals surface area contributed by atoms with Gasteiger partial charge in [-0.1, -0.05) is 12.5 Å². The second-order valence-corrected chi connectivity index (χ2v) is 6.82. The van der Waals surface area contributed by atoms with E-state index in [2.05, 4.69) is 12.1 Å². The minimum atomic E-state index is 0.257. The van der Waals surface area contributed by atoms with Crippen molar-refractivity contribution in [2.75, 3.05) is 14.2 Å². The molecule has 3 nitrogen and oxygen atoms in total. The van der Waals surface area contributed by atoms with E-state index in [1.54, 1.807) is 14.2 Å². The Morgan fingerprint density at radius 2 is 1.95 bits per heavy atom. The van der Waals surface area contributed by atoms with Crippen LogP contribution in [0.2, 0.25) is 0 Å². The summed E-state index contributed by atoms with van der Waals surface area (Å²) in [7, 11) is 3.34. The van der Waals surface area contributed by atoms with E-state index in [9.17, 15) is 0 Å². The smallest absolute Gasteiger partial charge is 0.160 e. The molecule has 0 saturated heterocycles. The second-order valence-electron chi connectivity index (χ2n) is 6.82. The highest BCUT2D eigenvalue weighted by Crippen LogP contribution is 2.49. The molecule has 116 valence electrons. The van der Waals surface area contributed by atoms with E-state index in [-0.39, 0.29) is 6.04 Å². The van der Waals surface area contributed by atoms with Gasteiger partial charge in [0.05, 0.1) is 14.2 Å². The fourth-order valence-corrected chi connectivity index (χ4v) is 4.45. The number of hydrogen-bond acceptors (Lipinski definition) is 3. The first-order valence-electron chi connectivity index (χ1n) is 8.16. The van der Waals surface area contributed by atoms with Crippen LogP contribution in [-0.4, -0.2) is 20.3 Å². The first-order valence-corrected chi connectivity index (χ1v) is 8.16. The molecule has 4 unspecified atom stereocenters. The van der Waals surface area contributed by atoms with Crippen LogP contribution < -0.4 is 15.2 Å².